The Morgan fingerprint density at radius 2 is 0.300 bits per heavy atom. The third kappa shape index (κ3) is 2070. The van der Waals surface area contributed by atoms with Crippen molar-refractivity contribution in [3.05, 3.63) is 0 Å². The molecule has 0 unspecified atom stereocenters. The summed E-state index contributed by atoms with van der Waals surface area (Å²) in [5.74, 6) is 0. The second kappa shape index (κ2) is 2970. The largest absolute Gasteiger partial charge is 2.00 e. The minimum atomic E-state index is 0. The predicted octanol–water partition coefficient (Wildman–Crippen LogP) is -11.4. The molecule has 0 aliphatic carbocycles. The summed E-state index contributed by atoms with van der Waals surface area (Å²) in [5, 5.41) is 0. The number of hydrogen-bond acceptors (Lipinski definition) is 0. The van der Waals surface area contributed by atoms with Gasteiger partial charge in [0.05, 0.1) is 0 Å². The molecular weight excluding hydrogens is 262 g/mol. The van der Waals surface area contributed by atoms with Crippen LogP contribution in [0.3, 0.4) is 0 Å². The fraction of sp³-hybridized carbons (Fsp3) is 0. The maximum atomic E-state index is 0. The number of halogens is 8. The Morgan fingerprint density at radius 1 is 0.300 bits per heavy atom. The maximum absolute atomic E-state index is 0. The van der Waals surface area contributed by atoms with Gasteiger partial charge in [0.2, 0.25) is 0 Å². The van der Waals surface area contributed by atoms with Crippen LogP contribution < -0.4 is 18.8 Å². The second-order valence-electron chi connectivity index (χ2n) is 0. The van der Waals surface area contributed by atoms with Crippen LogP contribution in [0.1, 0.15) is 0 Å². The van der Waals surface area contributed by atoms with Crippen LogP contribution in [-0.4, -0.2) is 0 Å². The summed E-state index contributed by atoms with van der Waals surface area (Å²) in [5.41, 5.74) is 0. The Balaban J connectivity index is 0. The van der Waals surface area contributed by atoms with Crippen LogP contribution in [0, 0.1) is 0 Å². The first-order valence-electron chi connectivity index (χ1n) is 0. The number of hydrogen-bond donors (Lipinski definition) is 0. The summed E-state index contributed by atoms with van der Waals surface area (Å²) in [6.45, 7) is 0. The van der Waals surface area contributed by atoms with Crippen molar-refractivity contribution in [3.8, 4) is 0 Å². The van der Waals surface area contributed by atoms with E-state index < -0.39 is 0 Å². The molecule has 0 saturated heterocycles. The molecule has 0 atom stereocenters. The Bertz CT molecular complexity index is 7.22. The summed E-state index contributed by atoms with van der Waals surface area (Å²) in [6.07, 6.45) is 0. The molecule has 10 heavy (non-hydrogen) atoms. The van der Waals surface area contributed by atoms with Crippen molar-refractivity contribution in [3.63, 3.8) is 0 Å². The molecule has 0 rings (SSSR count). The van der Waals surface area contributed by atoms with Gasteiger partial charge in [-0.3, -0.25) is 18.8 Å². The van der Waals surface area contributed by atoms with Gasteiger partial charge in [0, 0.05) is 0 Å². The van der Waals surface area contributed by atoms with Gasteiger partial charge in [0.25, 0.3) is 0 Å². The molecule has 0 aromatic carbocycles. The van der Waals surface area contributed by atoms with E-state index in [1.807, 2.05) is 0 Å². The van der Waals surface area contributed by atoms with Gasteiger partial charge in [-0.25, -0.2) is 0 Å². The monoisotopic (exact) mass is 266 g/mol. The van der Waals surface area contributed by atoms with Crippen molar-refractivity contribution in [1.29, 1.82) is 0 Å². The number of rotatable bonds is 0. The Kier molecular flexibility index (Phi) is 1220000. The van der Waals surface area contributed by atoms with Crippen LogP contribution in [0.15, 0.2) is 0 Å². The molecule has 0 heterocycles. The van der Waals surface area contributed by atoms with E-state index in [-0.39, 0.29) is 71.8 Å². The average Bonchev–Trinajstić information content (AvgIpc) is 0. The molecule has 0 aromatic heterocycles. The third-order valence-electron chi connectivity index (χ3n) is 0. The molecule has 74 valence electrons. The fourth-order valence-corrected chi connectivity index (χ4v) is 0. The Morgan fingerprint density at radius 3 is 0.300 bits per heavy atom. The van der Waals surface area contributed by atoms with Crippen LogP contribution >= 0.6 is 0 Å². The summed E-state index contributed by atoms with van der Waals surface area (Å²) in [4.78, 5) is 0. The standard InChI is InChI=1S/8FH.2Mn/h8*1H;;/q;;;;;;;;2*+2/p-4. The molecule has 0 fully saturated rings. The maximum Gasteiger partial charge on any atom is 2.00 e. The second-order valence-corrected chi connectivity index (χ2v) is 0. The molecule has 0 nitrogen and oxygen atoms in total. The van der Waals surface area contributed by atoms with Gasteiger partial charge in [-0.2, -0.15) is 0 Å². The van der Waals surface area contributed by atoms with E-state index in [9.17, 15) is 0 Å². The zero-order valence-corrected chi connectivity index (χ0v) is 6.26. The van der Waals surface area contributed by atoms with Gasteiger partial charge < -0.3 is 18.8 Å². The molecule has 0 N–H and O–H groups in total. The molecule has 0 aliphatic heterocycles. The first kappa shape index (κ1) is 4100. The predicted molar refractivity (Wildman–Crippen MR) is 10.0 cm³/mol. The van der Waals surface area contributed by atoms with Gasteiger partial charge >= 0.3 is 34.1 Å². The van der Waals surface area contributed by atoms with Crippen LogP contribution in [0.25, 0.3) is 0 Å². The van der Waals surface area contributed by atoms with Crippen molar-refractivity contribution in [2.24, 2.45) is 0 Å². The molecule has 0 amide bonds. The van der Waals surface area contributed by atoms with E-state index >= 15 is 0 Å². The third-order valence-corrected chi connectivity index (χ3v) is 0. The molecule has 0 aliphatic rings. The van der Waals surface area contributed by atoms with Crippen molar-refractivity contribution in [2.45, 2.75) is 0 Å². The average molecular weight is 266 g/mol. The van der Waals surface area contributed by atoms with E-state index in [2.05, 4.69) is 0 Å². The van der Waals surface area contributed by atoms with Crippen molar-refractivity contribution < 1.29 is 71.8 Å². The topological polar surface area (TPSA) is 0 Å². The summed E-state index contributed by atoms with van der Waals surface area (Å²) in [7, 11) is 0. The molecule has 2 radical (unpaired) electrons. The van der Waals surface area contributed by atoms with Crippen LogP contribution in [0.5, 0.6) is 0 Å². The summed E-state index contributed by atoms with van der Waals surface area (Å²) >= 11 is 0. The minimum Gasteiger partial charge on any atom is -1.00 e. The molecule has 10 heteroatoms. The fourth-order valence-electron chi connectivity index (χ4n) is 0. The van der Waals surface area contributed by atoms with Crippen LogP contribution in [0.4, 0.5) is 18.8 Å². The van der Waals surface area contributed by atoms with E-state index in [1.165, 1.54) is 0 Å². The van der Waals surface area contributed by atoms with Crippen LogP contribution in [0.2, 0.25) is 0 Å². The van der Waals surface area contributed by atoms with Gasteiger partial charge in [-0.15, -0.1) is 0 Å². The first-order valence-corrected chi connectivity index (χ1v) is 0. The van der Waals surface area contributed by atoms with Crippen molar-refractivity contribution >= 4 is 0 Å². The van der Waals surface area contributed by atoms with E-state index in [0.717, 1.165) is 0 Å². The van der Waals surface area contributed by atoms with Crippen molar-refractivity contribution in [1.82, 2.24) is 0 Å². The molecule has 0 aromatic rings. The van der Waals surface area contributed by atoms with Gasteiger partial charge in [-0.05, 0) is 0 Å². The zero-order chi connectivity index (χ0) is 0. The smallest absolute Gasteiger partial charge is 1.00 e. The minimum absolute atomic E-state index is 0. The van der Waals surface area contributed by atoms with Gasteiger partial charge in [0.15, 0.2) is 0 Å². The van der Waals surface area contributed by atoms with E-state index in [1.54, 1.807) is 0 Å². The SMILES string of the molecule is F.F.F.F.[F-].[F-].[F-].[F-].[Mn+2].[Mn+2]. The van der Waals surface area contributed by atoms with E-state index in [4.69, 9.17) is 0 Å². The quantitative estimate of drug-likeness (QED) is 0.302. The normalized spacial score (nSPS) is 0. The summed E-state index contributed by atoms with van der Waals surface area (Å²) < 4.78 is 0. The Hall–Kier alpha value is 0.479. The Labute approximate surface area is 72.4 Å². The molecule has 0 bridgehead atoms. The molecule has 0 saturated carbocycles. The van der Waals surface area contributed by atoms with Crippen LogP contribution in [-0.2, 0) is 34.1 Å². The summed E-state index contributed by atoms with van der Waals surface area (Å²) in [6, 6.07) is 0. The van der Waals surface area contributed by atoms with Gasteiger partial charge in [-0.1, -0.05) is 0 Å². The van der Waals surface area contributed by atoms with Gasteiger partial charge in [0.1, 0.15) is 0 Å². The molecule has 0 spiro atoms. The van der Waals surface area contributed by atoms with E-state index in [0.29, 0.717) is 0 Å². The first-order chi connectivity index (χ1) is 0. The van der Waals surface area contributed by atoms with Crippen molar-refractivity contribution in [2.75, 3.05) is 0 Å². The molecular formula is H4F8Mn2. The zero-order valence-electron chi connectivity index (χ0n) is 3.90.